The topological polar surface area (TPSA) is 114 Å². The van der Waals surface area contributed by atoms with Crippen LogP contribution in [-0.2, 0) is 0 Å². The number of carbonyl (C=O) groups is 1. The molecule has 4 N–H and O–H groups in total. The maximum absolute atomic E-state index is 13.7. The van der Waals surface area contributed by atoms with Gasteiger partial charge in [0.25, 0.3) is 5.91 Å². The predicted molar refractivity (Wildman–Crippen MR) is 68.1 cm³/mol. The summed E-state index contributed by atoms with van der Waals surface area (Å²) in [6, 6.07) is 5.35. The number of carbonyl (C=O) groups excluding carboxylic acids is 1. The second-order valence-corrected chi connectivity index (χ2v) is 3.93. The van der Waals surface area contributed by atoms with Crippen molar-refractivity contribution in [3.05, 3.63) is 47.1 Å². The van der Waals surface area contributed by atoms with Gasteiger partial charge in [0.05, 0.1) is 16.9 Å². The molecule has 1 aromatic carbocycles. The Kier molecular flexibility index (Phi) is 3.65. The molecule has 0 saturated carbocycles. The minimum Gasteiger partial charge on any atom is -0.409 e. The molecule has 0 saturated heterocycles. The molecule has 0 radical (unpaired) electrons. The molecule has 1 amide bonds. The fraction of sp³-hybridized carbons (Fsp3) is 0.0833. The zero-order valence-corrected chi connectivity index (χ0v) is 10.4. The summed E-state index contributed by atoms with van der Waals surface area (Å²) in [6.07, 6.45) is 0. The summed E-state index contributed by atoms with van der Waals surface area (Å²) in [7, 11) is 0. The number of nitrogens with one attached hydrogen (secondary N) is 1. The molecule has 0 bridgehead atoms. The van der Waals surface area contributed by atoms with E-state index in [1.54, 1.807) is 6.92 Å². The number of nitrogens with two attached hydrogens (primary N) is 1. The van der Waals surface area contributed by atoms with Crippen LogP contribution in [0.15, 0.2) is 33.9 Å². The summed E-state index contributed by atoms with van der Waals surface area (Å²) in [4.78, 5) is 11.9. The Labute approximate surface area is 112 Å². The van der Waals surface area contributed by atoms with Crippen molar-refractivity contribution in [1.82, 2.24) is 5.16 Å². The molecular weight excluding hydrogens is 267 g/mol. The number of aromatic nitrogens is 1. The van der Waals surface area contributed by atoms with E-state index in [9.17, 15) is 9.18 Å². The zero-order chi connectivity index (χ0) is 14.7. The molecule has 104 valence electrons. The molecule has 0 aliphatic heterocycles. The van der Waals surface area contributed by atoms with Crippen molar-refractivity contribution in [3.63, 3.8) is 0 Å². The third-order valence-electron chi connectivity index (χ3n) is 2.48. The maximum Gasteiger partial charge on any atom is 0.294 e. The van der Waals surface area contributed by atoms with Crippen molar-refractivity contribution in [2.24, 2.45) is 10.9 Å². The Hall–Kier alpha value is -2.90. The van der Waals surface area contributed by atoms with E-state index in [1.807, 2.05) is 0 Å². The van der Waals surface area contributed by atoms with Crippen LogP contribution in [0.4, 0.5) is 10.1 Å². The first-order valence-electron chi connectivity index (χ1n) is 5.54. The number of aryl methyl sites for hydroxylation is 1. The lowest BCUT2D eigenvalue weighted by Gasteiger charge is -2.09. The number of benzene rings is 1. The van der Waals surface area contributed by atoms with E-state index in [0.717, 1.165) is 6.07 Å². The summed E-state index contributed by atoms with van der Waals surface area (Å²) in [5.41, 5.74) is 5.77. The van der Waals surface area contributed by atoms with Crippen LogP contribution in [0.1, 0.15) is 21.8 Å². The molecule has 2 rings (SSSR count). The number of halogens is 1. The molecule has 0 aliphatic rings. The van der Waals surface area contributed by atoms with Crippen molar-refractivity contribution in [3.8, 4) is 0 Å². The van der Waals surface area contributed by atoms with Crippen molar-refractivity contribution in [2.45, 2.75) is 6.92 Å². The summed E-state index contributed by atoms with van der Waals surface area (Å²) in [5.74, 6) is -1.83. The van der Waals surface area contributed by atoms with Crippen LogP contribution < -0.4 is 11.1 Å². The lowest BCUT2D eigenvalue weighted by molar-refractivity contribution is 0.0988. The monoisotopic (exact) mass is 278 g/mol. The highest BCUT2D eigenvalue weighted by atomic mass is 19.1. The fourth-order valence-electron chi connectivity index (χ4n) is 1.59. The van der Waals surface area contributed by atoms with Gasteiger partial charge in [-0.2, -0.15) is 0 Å². The van der Waals surface area contributed by atoms with E-state index in [-0.39, 0.29) is 17.0 Å². The third-order valence-corrected chi connectivity index (χ3v) is 2.48. The maximum atomic E-state index is 13.7. The quantitative estimate of drug-likeness (QED) is 0.340. The largest absolute Gasteiger partial charge is 0.409 e. The highest BCUT2D eigenvalue weighted by molar-refractivity contribution is 6.09. The van der Waals surface area contributed by atoms with E-state index in [1.165, 1.54) is 18.2 Å². The summed E-state index contributed by atoms with van der Waals surface area (Å²) in [6.45, 7) is 1.66. The highest BCUT2D eigenvalue weighted by Gasteiger charge is 2.17. The molecule has 2 aromatic rings. The lowest BCUT2D eigenvalue weighted by Crippen LogP contribution is -2.20. The number of hydrogen-bond acceptors (Lipinski definition) is 5. The van der Waals surface area contributed by atoms with Gasteiger partial charge in [-0.3, -0.25) is 4.79 Å². The Morgan fingerprint density at radius 1 is 1.55 bits per heavy atom. The standard InChI is InChI=1S/C12H11FN4O3/c1-6-5-9(20-17-6)12(18)15-8-4-2-3-7(13)10(8)11(14)16-19/h2-5,19H,1H3,(H2,14,16)(H,15,18). The van der Waals surface area contributed by atoms with Crippen LogP contribution >= 0.6 is 0 Å². The lowest BCUT2D eigenvalue weighted by atomic mass is 10.1. The SMILES string of the molecule is Cc1cc(C(=O)Nc2cccc(F)c2C(N)=NO)on1. The van der Waals surface area contributed by atoms with Gasteiger partial charge in [-0.05, 0) is 19.1 Å². The van der Waals surface area contributed by atoms with Crippen molar-refractivity contribution < 1.29 is 18.9 Å². The van der Waals surface area contributed by atoms with Gasteiger partial charge in [-0.1, -0.05) is 16.4 Å². The van der Waals surface area contributed by atoms with E-state index in [4.69, 9.17) is 15.5 Å². The Morgan fingerprint density at radius 3 is 2.90 bits per heavy atom. The van der Waals surface area contributed by atoms with Crippen LogP contribution in [0, 0.1) is 12.7 Å². The summed E-state index contributed by atoms with van der Waals surface area (Å²) >= 11 is 0. The molecule has 1 aromatic heterocycles. The Morgan fingerprint density at radius 2 is 2.30 bits per heavy atom. The van der Waals surface area contributed by atoms with Gasteiger partial charge in [-0.15, -0.1) is 0 Å². The fourth-order valence-corrected chi connectivity index (χ4v) is 1.59. The number of amidine groups is 1. The molecule has 0 aliphatic carbocycles. The van der Waals surface area contributed by atoms with Crippen LogP contribution in [0.2, 0.25) is 0 Å². The zero-order valence-electron chi connectivity index (χ0n) is 10.4. The molecule has 0 spiro atoms. The molecular formula is C12H11FN4O3. The van der Waals surface area contributed by atoms with Gasteiger partial charge in [0.15, 0.2) is 5.84 Å². The number of anilines is 1. The molecule has 0 unspecified atom stereocenters. The summed E-state index contributed by atoms with van der Waals surface area (Å²) in [5, 5.41) is 17.4. The van der Waals surface area contributed by atoms with Crippen LogP contribution in [0.25, 0.3) is 0 Å². The molecule has 7 nitrogen and oxygen atoms in total. The Bertz CT molecular complexity index is 681. The normalized spacial score (nSPS) is 11.4. The van der Waals surface area contributed by atoms with E-state index < -0.39 is 17.6 Å². The van der Waals surface area contributed by atoms with E-state index in [0.29, 0.717) is 5.69 Å². The first-order chi connectivity index (χ1) is 9.52. The van der Waals surface area contributed by atoms with Crippen molar-refractivity contribution in [2.75, 3.05) is 5.32 Å². The van der Waals surface area contributed by atoms with Crippen LogP contribution in [0.3, 0.4) is 0 Å². The van der Waals surface area contributed by atoms with E-state index in [2.05, 4.69) is 15.6 Å². The minimum atomic E-state index is -0.730. The Balaban J connectivity index is 2.34. The molecule has 0 fully saturated rings. The molecule has 0 atom stereocenters. The van der Waals surface area contributed by atoms with Crippen LogP contribution in [-0.4, -0.2) is 22.1 Å². The molecule has 20 heavy (non-hydrogen) atoms. The second-order valence-electron chi connectivity index (χ2n) is 3.93. The highest BCUT2D eigenvalue weighted by Crippen LogP contribution is 2.19. The van der Waals surface area contributed by atoms with Gasteiger partial charge >= 0.3 is 0 Å². The van der Waals surface area contributed by atoms with Crippen molar-refractivity contribution in [1.29, 1.82) is 0 Å². The number of nitrogens with zero attached hydrogens (tertiary/aromatic N) is 2. The average molecular weight is 278 g/mol. The number of oxime groups is 1. The van der Waals surface area contributed by atoms with Crippen molar-refractivity contribution >= 4 is 17.4 Å². The van der Waals surface area contributed by atoms with Gasteiger partial charge < -0.3 is 20.8 Å². The average Bonchev–Trinajstić information content (AvgIpc) is 2.85. The first kappa shape index (κ1) is 13.5. The summed E-state index contributed by atoms with van der Waals surface area (Å²) < 4.78 is 18.5. The third kappa shape index (κ3) is 2.58. The number of hydrogen-bond donors (Lipinski definition) is 3. The second kappa shape index (κ2) is 5.39. The minimum absolute atomic E-state index is 0.0304. The van der Waals surface area contributed by atoms with Gasteiger partial charge in [0.1, 0.15) is 5.82 Å². The van der Waals surface area contributed by atoms with Gasteiger partial charge in [-0.25, -0.2) is 4.39 Å². The van der Waals surface area contributed by atoms with Gasteiger partial charge in [0, 0.05) is 6.07 Å². The number of amides is 1. The van der Waals surface area contributed by atoms with Gasteiger partial charge in [0.2, 0.25) is 5.76 Å². The number of rotatable bonds is 3. The van der Waals surface area contributed by atoms with E-state index >= 15 is 0 Å². The molecule has 8 heteroatoms. The first-order valence-corrected chi connectivity index (χ1v) is 5.54. The smallest absolute Gasteiger partial charge is 0.294 e. The van der Waals surface area contributed by atoms with Crippen LogP contribution in [0.5, 0.6) is 0 Å². The molecule has 1 heterocycles. The predicted octanol–water partition coefficient (Wildman–Crippen LogP) is 1.47.